The van der Waals surface area contributed by atoms with Gasteiger partial charge in [0.25, 0.3) is 5.91 Å². The number of rotatable bonds is 5. The van der Waals surface area contributed by atoms with Crippen molar-refractivity contribution < 1.29 is 19.1 Å². The van der Waals surface area contributed by atoms with Crippen LogP contribution >= 0.6 is 11.3 Å². The van der Waals surface area contributed by atoms with Crippen molar-refractivity contribution >= 4 is 40.5 Å². The van der Waals surface area contributed by atoms with Crippen molar-refractivity contribution in [3.05, 3.63) is 83.9 Å². The average molecular weight is 458 g/mol. The Balaban J connectivity index is 1.38. The molecule has 1 aliphatic rings. The molecule has 3 heterocycles. The monoisotopic (exact) mass is 458 g/mol. The number of benzene rings is 2. The van der Waals surface area contributed by atoms with Crippen LogP contribution in [0.2, 0.25) is 0 Å². The number of para-hydroxylation sites is 3. The maximum Gasteiger partial charge on any atom is 0.357 e. The molecule has 0 saturated carbocycles. The highest BCUT2D eigenvalue weighted by Crippen LogP contribution is 2.29. The lowest BCUT2D eigenvalue weighted by Crippen LogP contribution is -2.44. The molecule has 2 aromatic heterocycles. The number of ether oxygens (including phenoxy) is 1. The van der Waals surface area contributed by atoms with Crippen LogP contribution in [0.3, 0.4) is 0 Å². The molecule has 1 aliphatic heterocycles. The number of anilines is 2. The molecule has 0 unspecified atom stereocenters. The van der Waals surface area contributed by atoms with Gasteiger partial charge in [-0.3, -0.25) is 14.5 Å². The SMILES string of the molecule is O=C1CN(C(=O)COC(=O)c2cc(-c3cccs3)nn2-c2ccccc2)c2ccccc2N1. The van der Waals surface area contributed by atoms with E-state index in [1.807, 2.05) is 47.8 Å². The number of thiophene rings is 1. The fourth-order valence-corrected chi connectivity index (χ4v) is 4.25. The second-order valence-electron chi connectivity index (χ2n) is 7.26. The molecule has 0 saturated heterocycles. The summed E-state index contributed by atoms with van der Waals surface area (Å²) in [6.45, 7) is -0.646. The normalized spacial score (nSPS) is 12.7. The van der Waals surface area contributed by atoms with Gasteiger partial charge in [-0.15, -0.1) is 11.3 Å². The van der Waals surface area contributed by atoms with Crippen LogP contribution in [0.1, 0.15) is 10.5 Å². The van der Waals surface area contributed by atoms with Crippen LogP contribution in [0.4, 0.5) is 11.4 Å². The number of carbonyl (C=O) groups excluding carboxylic acids is 3. The summed E-state index contributed by atoms with van der Waals surface area (Å²) in [6.07, 6.45) is 0. The molecule has 0 atom stereocenters. The minimum atomic E-state index is -0.683. The summed E-state index contributed by atoms with van der Waals surface area (Å²) < 4.78 is 6.87. The van der Waals surface area contributed by atoms with E-state index < -0.39 is 18.5 Å². The predicted molar refractivity (Wildman–Crippen MR) is 125 cm³/mol. The van der Waals surface area contributed by atoms with E-state index in [1.54, 1.807) is 30.3 Å². The van der Waals surface area contributed by atoms with Gasteiger partial charge < -0.3 is 10.1 Å². The molecule has 9 heteroatoms. The van der Waals surface area contributed by atoms with Gasteiger partial charge >= 0.3 is 5.97 Å². The van der Waals surface area contributed by atoms with E-state index in [1.165, 1.54) is 20.9 Å². The van der Waals surface area contributed by atoms with Gasteiger partial charge in [-0.1, -0.05) is 36.4 Å². The Hall–Kier alpha value is -4.24. The maximum atomic E-state index is 13.0. The Morgan fingerprint density at radius 1 is 1.03 bits per heavy atom. The molecular formula is C24H18N4O4S. The highest BCUT2D eigenvalue weighted by molar-refractivity contribution is 7.13. The van der Waals surface area contributed by atoms with E-state index in [9.17, 15) is 14.4 Å². The zero-order valence-electron chi connectivity index (χ0n) is 17.3. The van der Waals surface area contributed by atoms with E-state index >= 15 is 0 Å². The zero-order valence-corrected chi connectivity index (χ0v) is 18.1. The van der Waals surface area contributed by atoms with E-state index in [0.29, 0.717) is 22.8 Å². The molecule has 164 valence electrons. The molecule has 0 fully saturated rings. The number of nitrogens with one attached hydrogen (secondary N) is 1. The Morgan fingerprint density at radius 2 is 1.82 bits per heavy atom. The van der Waals surface area contributed by atoms with Gasteiger partial charge in [-0.05, 0) is 35.7 Å². The number of hydrogen-bond acceptors (Lipinski definition) is 6. The fraction of sp³-hybridized carbons (Fsp3) is 0.0833. The molecule has 0 bridgehead atoms. The molecule has 1 N–H and O–H groups in total. The second kappa shape index (κ2) is 8.71. The molecule has 5 rings (SSSR count). The van der Waals surface area contributed by atoms with Gasteiger partial charge in [-0.2, -0.15) is 5.10 Å². The minimum absolute atomic E-state index is 0.141. The highest BCUT2D eigenvalue weighted by atomic mass is 32.1. The Kier molecular flexibility index (Phi) is 5.45. The number of esters is 1. The van der Waals surface area contributed by atoms with Crippen molar-refractivity contribution in [2.24, 2.45) is 0 Å². The van der Waals surface area contributed by atoms with Crippen LogP contribution in [0.5, 0.6) is 0 Å². The second-order valence-corrected chi connectivity index (χ2v) is 8.21. The maximum absolute atomic E-state index is 13.0. The smallest absolute Gasteiger partial charge is 0.357 e. The summed E-state index contributed by atoms with van der Waals surface area (Å²) >= 11 is 1.51. The van der Waals surface area contributed by atoms with Gasteiger partial charge in [0.1, 0.15) is 12.2 Å². The van der Waals surface area contributed by atoms with Gasteiger partial charge in [0.15, 0.2) is 12.3 Å². The topological polar surface area (TPSA) is 93.5 Å². The number of hydrogen-bond donors (Lipinski definition) is 1. The van der Waals surface area contributed by atoms with Crippen molar-refractivity contribution in [3.8, 4) is 16.3 Å². The largest absolute Gasteiger partial charge is 0.451 e. The van der Waals surface area contributed by atoms with E-state index in [0.717, 1.165) is 4.88 Å². The minimum Gasteiger partial charge on any atom is -0.451 e. The van der Waals surface area contributed by atoms with Crippen molar-refractivity contribution in [1.29, 1.82) is 0 Å². The lowest BCUT2D eigenvalue weighted by molar-refractivity contribution is -0.124. The molecule has 4 aromatic rings. The van der Waals surface area contributed by atoms with Crippen LogP contribution in [0, 0.1) is 0 Å². The molecule has 0 spiro atoms. The first-order valence-corrected chi connectivity index (χ1v) is 11.0. The predicted octanol–water partition coefficient (Wildman–Crippen LogP) is 3.74. The van der Waals surface area contributed by atoms with Gasteiger partial charge in [0, 0.05) is 6.07 Å². The van der Waals surface area contributed by atoms with Crippen LogP contribution in [0.25, 0.3) is 16.3 Å². The quantitative estimate of drug-likeness (QED) is 0.460. The van der Waals surface area contributed by atoms with Crippen LogP contribution in [0.15, 0.2) is 78.2 Å². The van der Waals surface area contributed by atoms with Crippen molar-refractivity contribution in [2.75, 3.05) is 23.4 Å². The van der Waals surface area contributed by atoms with Gasteiger partial charge in [-0.25, -0.2) is 9.48 Å². The molecule has 2 aromatic carbocycles. The zero-order chi connectivity index (χ0) is 22.8. The summed E-state index contributed by atoms with van der Waals surface area (Å²) in [4.78, 5) is 40.0. The number of nitrogens with zero attached hydrogens (tertiary/aromatic N) is 3. The third-order valence-electron chi connectivity index (χ3n) is 5.09. The van der Waals surface area contributed by atoms with Gasteiger partial charge in [0.2, 0.25) is 5.91 Å². The molecule has 2 amide bonds. The van der Waals surface area contributed by atoms with E-state index in [-0.39, 0.29) is 18.1 Å². The molecule has 8 nitrogen and oxygen atoms in total. The first-order valence-electron chi connectivity index (χ1n) is 10.2. The number of fused-ring (bicyclic) bond motifs is 1. The van der Waals surface area contributed by atoms with Crippen molar-refractivity contribution in [3.63, 3.8) is 0 Å². The number of amides is 2. The summed E-state index contributed by atoms with van der Waals surface area (Å²) in [6, 6.07) is 21.7. The molecular weight excluding hydrogens is 440 g/mol. The summed E-state index contributed by atoms with van der Waals surface area (Å²) in [5, 5.41) is 9.24. The van der Waals surface area contributed by atoms with Crippen molar-refractivity contribution in [2.45, 2.75) is 0 Å². The van der Waals surface area contributed by atoms with Crippen molar-refractivity contribution in [1.82, 2.24) is 9.78 Å². The molecule has 0 radical (unpaired) electrons. The standard InChI is InChI=1S/C24H18N4O4S/c29-22-14-27(19-10-5-4-9-17(19)25-22)23(30)15-32-24(31)20-13-18(21-11-6-12-33-21)26-28(20)16-7-2-1-3-8-16/h1-13H,14-15H2,(H,25,29). The average Bonchev–Trinajstić information content (AvgIpc) is 3.52. The Morgan fingerprint density at radius 3 is 2.61 bits per heavy atom. The first kappa shape index (κ1) is 20.7. The molecule has 33 heavy (non-hydrogen) atoms. The summed E-state index contributed by atoms with van der Waals surface area (Å²) in [7, 11) is 0. The summed E-state index contributed by atoms with van der Waals surface area (Å²) in [5.74, 6) is -1.48. The van der Waals surface area contributed by atoms with Crippen LogP contribution in [-0.2, 0) is 14.3 Å². The Bertz CT molecular complexity index is 1330. The molecule has 0 aliphatic carbocycles. The summed E-state index contributed by atoms with van der Waals surface area (Å²) in [5.41, 5.74) is 2.63. The van der Waals surface area contributed by atoms with E-state index in [4.69, 9.17) is 4.74 Å². The lowest BCUT2D eigenvalue weighted by Gasteiger charge is -2.28. The van der Waals surface area contributed by atoms with E-state index in [2.05, 4.69) is 10.4 Å². The first-order chi connectivity index (χ1) is 16.1. The number of aromatic nitrogens is 2. The van der Waals surface area contributed by atoms with Gasteiger partial charge in [0.05, 0.1) is 21.9 Å². The lowest BCUT2D eigenvalue weighted by atomic mass is 10.2. The number of carbonyl (C=O) groups is 3. The highest BCUT2D eigenvalue weighted by Gasteiger charge is 2.28. The van der Waals surface area contributed by atoms with Crippen LogP contribution in [-0.4, -0.2) is 40.7 Å². The fourth-order valence-electron chi connectivity index (χ4n) is 3.57. The third kappa shape index (κ3) is 4.13. The third-order valence-corrected chi connectivity index (χ3v) is 5.98. The Labute approximate surface area is 193 Å². The van der Waals surface area contributed by atoms with Crippen LogP contribution < -0.4 is 10.2 Å².